The molecule has 0 fully saturated rings. The Labute approximate surface area is 504 Å². The van der Waals surface area contributed by atoms with Gasteiger partial charge in [0.2, 0.25) is 0 Å². The molecule has 0 saturated carbocycles. The van der Waals surface area contributed by atoms with E-state index in [1.165, 1.54) is 357 Å². The summed E-state index contributed by atoms with van der Waals surface area (Å²) in [6.45, 7) is 10.3. The third-order valence-corrected chi connectivity index (χ3v) is 23.7. The van der Waals surface area contributed by atoms with Gasteiger partial charge in [0.05, 0.1) is 13.2 Å². The van der Waals surface area contributed by atoms with E-state index in [0.717, 1.165) is 37.2 Å². The summed E-state index contributed by atoms with van der Waals surface area (Å²) >= 11 is 13.3. The minimum Gasteiger partial charge on any atom is -0.793 e. The van der Waals surface area contributed by atoms with Gasteiger partial charge in [-0.15, -0.1) is 22.8 Å². The van der Waals surface area contributed by atoms with Crippen LogP contribution in [0.15, 0.2) is 0 Å². The summed E-state index contributed by atoms with van der Waals surface area (Å²) in [5.74, 6) is 1.77. The molecule has 2 atom stereocenters. The van der Waals surface area contributed by atoms with E-state index in [9.17, 15) is 9.79 Å². The van der Waals surface area contributed by atoms with Gasteiger partial charge in [-0.05, 0) is 37.2 Å². The van der Waals surface area contributed by atoms with Crippen LogP contribution >= 0.6 is 34.2 Å². The van der Waals surface area contributed by atoms with Gasteiger partial charge in [-0.25, -0.2) is 0 Å². The van der Waals surface area contributed by atoms with Gasteiger partial charge in [-0.2, -0.15) is 0 Å². The number of hydrogen-bond donors (Lipinski definition) is 0. The zero-order valence-electron chi connectivity index (χ0n) is 51.3. The van der Waals surface area contributed by atoms with Crippen LogP contribution in [-0.2, 0) is 52.1 Å². The minimum absolute atomic E-state index is 0. The van der Waals surface area contributed by atoms with Crippen LogP contribution < -0.4 is 9.79 Å². The van der Waals surface area contributed by atoms with Gasteiger partial charge >= 0.3 is 19.5 Å². The minimum atomic E-state index is -2.87. The summed E-state index contributed by atoms with van der Waals surface area (Å²) in [5, 5.41) is 0. The van der Waals surface area contributed by atoms with Crippen LogP contribution in [0.5, 0.6) is 0 Å². The Kier molecular flexibility index (Phi) is 77.0. The third-order valence-electron chi connectivity index (χ3n) is 15.0. The van der Waals surface area contributed by atoms with Crippen molar-refractivity contribution in [3.05, 3.63) is 0 Å². The standard InChI is InChI=1S/2C32H67O2PS2.Zn/c2*1-3-5-7-9-11-13-15-17-19-21-23-25-27-29-31-34-35(33,36)37-32-30-28-26-24-22-20-18-16-14-12-10-8-6-4-2;/h2*3-32H2,1-2H3,(H,33,36);/q;;+2/p-2. The van der Waals surface area contributed by atoms with Gasteiger partial charge in [0.15, 0.2) is 0 Å². The van der Waals surface area contributed by atoms with Gasteiger partial charge in [0, 0.05) is 11.4 Å². The molecule has 0 aliphatic heterocycles. The first-order valence-corrected chi connectivity index (χ1v) is 41.9. The maximum Gasteiger partial charge on any atom is 2.00 e. The molecule has 4 nitrogen and oxygen atoms in total. The Morgan fingerprint density at radius 1 is 0.240 bits per heavy atom. The van der Waals surface area contributed by atoms with Crippen molar-refractivity contribution in [2.75, 3.05) is 24.7 Å². The van der Waals surface area contributed by atoms with Crippen LogP contribution in [0.4, 0.5) is 0 Å². The van der Waals surface area contributed by atoms with Crippen molar-refractivity contribution < 1.29 is 38.3 Å². The summed E-state index contributed by atoms with van der Waals surface area (Å²) in [7, 11) is 0. The molecule has 0 bridgehead atoms. The normalized spacial score (nSPS) is 13.1. The Balaban J connectivity index is -0.00000136. The first-order valence-electron chi connectivity index (χ1n) is 33.4. The molecule has 0 radical (unpaired) electrons. The van der Waals surface area contributed by atoms with E-state index in [0.29, 0.717) is 13.2 Å². The van der Waals surface area contributed by atoms with Crippen molar-refractivity contribution in [1.29, 1.82) is 0 Å². The van der Waals surface area contributed by atoms with Crippen molar-refractivity contribution in [2.24, 2.45) is 0 Å². The largest absolute Gasteiger partial charge is 2.00 e. The molecule has 448 valence electrons. The molecular weight excluding hydrogens is 1090 g/mol. The molecule has 0 spiro atoms. The van der Waals surface area contributed by atoms with Crippen LogP contribution in [0.2, 0.25) is 0 Å². The molecule has 0 N–H and O–H groups in total. The monoisotopic (exact) mass is 1220 g/mol. The smallest absolute Gasteiger partial charge is 0.793 e. The topological polar surface area (TPSA) is 64.6 Å². The average molecular weight is 1220 g/mol. The fourth-order valence-corrected chi connectivity index (χ4v) is 16.7. The van der Waals surface area contributed by atoms with Gasteiger partial charge in [-0.1, -0.05) is 385 Å². The molecule has 0 saturated heterocycles. The maximum absolute atomic E-state index is 12.4. The Bertz CT molecular complexity index is 967. The van der Waals surface area contributed by atoms with E-state index in [4.69, 9.17) is 32.7 Å². The predicted octanol–water partition coefficient (Wildman–Crippen LogP) is 24.6. The maximum atomic E-state index is 12.4. The zero-order valence-corrected chi connectivity index (χ0v) is 59.3. The van der Waals surface area contributed by atoms with E-state index in [-0.39, 0.29) is 19.5 Å². The molecular formula is C64H132O4P2S4Zn. The summed E-state index contributed by atoms with van der Waals surface area (Å²) in [5.41, 5.74) is -5.73. The molecule has 11 heteroatoms. The molecule has 75 heavy (non-hydrogen) atoms. The molecule has 2 unspecified atom stereocenters. The molecule has 0 aromatic heterocycles. The fraction of sp³-hybridized carbons (Fsp3) is 1.00. The zero-order chi connectivity index (χ0) is 54.3. The second kappa shape index (κ2) is 70.7. The molecule has 0 aliphatic carbocycles. The van der Waals surface area contributed by atoms with Crippen LogP contribution in [-0.4, -0.2) is 24.7 Å². The van der Waals surface area contributed by atoms with Gasteiger partial charge in [0.25, 0.3) is 0 Å². The fourth-order valence-electron chi connectivity index (χ4n) is 9.97. The molecule has 0 aliphatic rings. The number of hydrogen-bond acceptors (Lipinski definition) is 8. The molecule has 0 amide bonds. The van der Waals surface area contributed by atoms with Crippen molar-refractivity contribution in [2.45, 2.75) is 387 Å². The summed E-state index contributed by atoms with van der Waals surface area (Å²) in [4.78, 5) is 24.9. The van der Waals surface area contributed by atoms with Crippen molar-refractivity contribution in [1.82, 2.24) is 0 Å². The number of unbranched alkanes of at least 4 members (excludes halogenated alkanes) is 52. The van der Waals surface area contributed by atoms with Crippen molar-refractivity contribution in [3.8, 4) is 0 Å². The molecule has 0 heterocycles. The summed E-state index contributed by atoms with van der Waals surface area (Å²) < 4.78 is 11.2. The van der Waals surface area contributed by atoms with E-state index in [2.05, 4.69) is 27.7 Å². The van der Waals surface area contributed by atoms with E-state index in [1.54, 1.807) is 0 Å². The molecule has 0 aromatic carbocycles. The van der Waals surface area contributed by atoms with E-state index >= 15 is 0 Å². The first-order chi connectivity index (χ1) is 36.2. The van der Waals surface area contributed by atoms with Gasteiger partial charge in [-0.3, -0.25) is 0 Å². The third kappa shape index (κ3) is 76.5. The van der Waals surface area contributed by atoms with E-state index < -0.39 is 11.4 Å². The van der Waals surface area contributed by atoms with Crippen LogP contribution in [0, 0.1) is 0 Å². The summed E-state index contributed by atoms with van der Waals surface area (Å²) in [6, 6.07) is 0. The Morgan fingerprint density at radius 2 is 0.373 bits per heavy atom. The van der Waals surface area contributed by atoms with Crippen molar-refractivity contribution in [3.63, 3.8) is 0 Å². The second-order valence-corrected chi connectivity index (χ2v) is 35.0. The summed E-state index contributed by atoms with van der Waals surface area (Å²) in [6.07, 6.45) is 76.0. The van der Waals surface area contributed by atoms with Gasteiger partial charge < -0.3 is 18.8 Å². The average Bonchev–Trinajstić information content (AvgIpc) is 3.38. The molecule has 0 rings (SSSR count). The second-order valence-electron chi connectivity index (χ2n) is 22.6. The first kappa shape index (κ1) is 81.7. The Hall–Kier alpha value is 2.46. The van der Waals surface area contributed by atoms with E-state index in [1.807, 2.05) is 0 Å². The van der Waals surface area contributed by atoms with Crippen LogP contribution in [0.3, 0.4) is 0 Å². The number of rotatable bonds is 64. The van der Waals surface area contributed by atoms with Crippen LogP contribution in [0.25, 0.3) is 0 Å². The molecule has 0 aromatic rings. The quantitative estimate of drug-likeness (QED) is 0.0339. The SMILES string of the molecule is CCCCCCCCCCCCCCCCOP([O-])(=S)SCCCCCCCCCCCCCCCC.CCCCCCCCCCCCCCCCOP([O-])(=S)SCCCCCCCCCCCCCCCC.[Zn+2]. The van der Waals surface area contributed by atoms with Crippen molar-refractivity contribution >= 4 is 57.8 Å². The predicted molar refractivity (Wildman–Crippen MR) is 347 cm³/mol. The Morgan fingerprint density at radius 3 is 0.533 bits per heavy atom. The van der Waals surface area contributed by atoms with Gasteiger partial charge in [0.1, 0.15) is 0 Å². The van der Waals surface area contributed by atoms with Crippen LogP contribution in [0.1, 0.15) is 387 Å².